The smallest absolute Gasteiger partial charge is 0.0741 e. The number of hydrogen-bond donors (Lipinski definition) is 2. The summed E-state index contributed by atoms with van der Waals surface area (Å²) < 4.78 is 0. The summed E-state index contributed by atoms with van der Waals surface area (Å²) >= 11 is 0. The van der Waals surface area contributed by atoms with Crippen LogP contribution in [0.15, 0.2) is 18.2 Å². The second kappa shape index (κ2) is 5.46. The van der Waals surface area contributed by atoms with Crippen LogP contribution in [-0.4, -0.2) is 17.3 Å². The predicted octanol–water partition coefficient (Wildman–Crippen LogP) is 2.55. The van der Waals surface area contributed by atoms with E-state index >= 15 is 0 Å². The summed E-state index contributed by atoms with van der Waals surface area (Å²) in [5.74, 6) is 0. The average molecular weight is 221 g/mol. The maximum absolute atomic E-state index is 9.86. The Bertz CT molecular complexity index is 345. The third kappa shape index (κ3) is 3.95. The molecule has 0 radical (unpaired) electrons. The van der Waals surface area contributed by atoms with Gasteiger partial charge in [-0.15, -0.1) is 0 Å². The number of rotatable bonds is 5. The van der Waals surface area contributed by atoms with E-state index in [1.807, 2.05) is 13.8 Å². The molecule has 0 spiro atoms. The molecule has 0 aromatic heterocycles. The number of aryl methyl sites for hydroxylation is 2. The van der Waals surface area contributed by atoms with E-state index in [-0.39, 0.29) is 0 Å². The molecule has 0 aliphatic carbocycles. The molecule has 1 aromatic carbocycles. The van der Waals surface area contributed by atoms with Crippen molar-refractivity contribution >= 4 is 0 Å². The molecule has 0 saturated carbocycles. The van der Waals surface area contributed by atoms with Crippen molar-refractivity contribution in [3.8, 4) is 0 Å². The first-order valence-electron chi connectivity index (χ1n) is 5.94. The number of hydrogen-bond acceptors (Lipinski definition) is 2. The van der Waals surface area contributed by atoms with Crippen molar-refractivity contribution in [2.24, 2.45) is 0 Å². The normalized spacial score (nSPS) is 14.8. The van der Waals surface area contributed by atoms with Crippen molar-refractivity contribution in [2.75, 3.05) is 6.54 Å². The zero-order valence-electron chi connectivity index (χ0n) is 10.8. The van der Waals surface area contributed by atoms with Gasteiger partial charge in [-0.2, -0.15) is 0 Å². The molecule has 1 atom stereocenters. The Balaban J connectivity index is 2.52. The topological polar surface area (TPSA) is 32.3 Å². The van der Waals surface area contributed by atoms with Gasteiger partial charge < -0.3 is 10.4 Å². The number of nitrogens with one attached hydrogen (secondary N) is 1. The van der Waals surface area contributed by atoms with Crippen LogP contribution in [0.2, 0.25) is 0 Å². The maximum Gasteiger partial charge on any atom is 0.0741 e. The van der Waals surface area contributed by atoms with Gasteiger partial charge in [-0.1, -0.05) is 30.7 Å². The minimum atomic E-state index is -0.599. The highest BCUT2D eigenvalue weighted by Crippen LogP contribution is 2.11. The van der Waals surface area contributed by atoms with Gasteiger partial charge in [0.2, 0.25) is 0 Å². The molecule has 16 heavy (non-hydrogen) atoms. The highest BCUT2D eigenvalue weighted by molar-refractivity contribution is 5.30. The van der Waals surface area contributed by atoms with Gasteiger partial charge >= 0.3 is 0 Å². The van der Waals surface area contributed by atoms with Gasteiger partial charge in [-0.3, -0.25) is 0 Å². The van der Waals surface area contributed by atoms with Gasteiger partial charge in [0, 0.05) is 13.1 Å². The van der Waals surface area contributed by atoms with Crippen molar-refractivity contribution in [3.05, 3.63) is 34.9 Å². The predicted molar refractivity (Wildman–Crippen MR) is 68.5 cm³/mol. The molecule has 1 aromatic rings. The van der Waals surface area contributed by atoms with Crippen LogP contribution in [0.3, 0.4) is 0 Å². The Morgan fingerprint density at radius 2 is 2.00 bits per heavy atom. The minimum Gasteiger partial charge on any atom is -0.389 e. The maximum atomic E-state index is 9.86. The highest BCUT2D eigenvalue weighted by Gasteiger charge is 2.16. The molecule has 0 saturated heterocycles. The third-order valence-electron chi connectivity index (χ3n) is 3.09. The van der Waals surface area contributed by atoms with Gasteiger partial charge in [0.15, 0.2) is 0 Å². The van der Waals surface area contributed by atoms with Crippen LogP contribution in [-0.2, 0) is 6.54 Å². The molecular weight excluding hydrogens is 198 g/mol. The molecule has 0 amide bonds. The largest absolute Gasteiger partial charge is 0.389 e. The molecule has 0 aliphatic rings. The van der Waals surface area contributed by atoms with Gasteiger partial charge in [0.1, 0.15) is 0 Å². The van der Waals surface area contributed by atoms with Crippen LogP contribution in [0.25, 0.3) is 0 Å². The molecule has 0 aliphatic heterocycles. The van der Waals surface area contributed by atoms with E-state index in [0.717, 1.165) is 13.0 Å². The molecule has 2 heteroatoms. The zero-order valence-corrected chi connectivity index (χ0v) is 10.8. The Morgan fingerprint density at radius 1 is 1.31 bits per heavy atom. The highest BCUT2D eigenvalue weighted by atomic mass is 16.3. The van der Waals surface area contributed by atoms with Gasteiger partial charge in [0.25, 0.3) is 0 Å². The van der Waals surface area contributed by atoms with Crippen LogP contribution in [0, 0.1) is 13.8 Å². The van der Waals surface area contributed by atoms with Crippen molar-refractivity contribution in [2.45, 2.75) is 46.3 Å². The SMILES string of the molecule is CCC(C)(O)CNCc1cc(C)ccc1C. The quantitative estimate of drug-likeness (QED) is 0.801. The summed E-state index contributed by atoms with van der Waals surface area (Å²) in [5, 5.41) is 13.2. The van der Waals surface area contributed by atoms with Crippen molar-refractivity contribution in [1.29, 1.82) is 0 Å². The van der Waals surface area contributed by atoms with E-state index in [1.54, 1.807) is 0 Å². The third-order valence-corrected chi connectivity index (χ3v) is 3.09. The zero-order chi connectivity index (χ0) is 12.2. The fraction of sp³-hybridized carbons (Fsp3) is 0.571. The van der Waals surface area contributed by atoms with E-state index in [0.29, 0.717) is 6.54 Å². The summed E-state index contributed by atoms with van der Waals surface area (Å²) in [4.78, 5) is 0. The van der Waals surface area contributed by atoms with Crippen molar-refractivity contribution < 1.29 is 5.11 Å². The molecule has 1 rings (SSSR count). The second-order valence-electron chi connectivity index (χ2n) is 4.88. The molecule has 2 nitrogen and oxygen atoms in total. The lowest BCUT2D eigenvalue weighted by atomic mass is 10.0. The standard InChI is InChI=1S/C14H23NO/c1-5-14(4,16)10-15-9-13-8-11(2)6-7-12(13)3/h6-8,15-16H,5,9-10H2,1-4H3. The van der Waals surface area contributed by atoms with Crippen LogP contribution in [0.1, 0.15) is 37.0 Å². The summed E-state index contributed by atoms with van der Waals surface area (Å²) in [6.45, 7) is 9.54. The van der Waals surface area contributed by atoms with E-state index in [9.17, 15) is 5.11 Å². The first-order valence-corrected chi connectivity index (χ1v) is 5.94. The van der Waals surface area contributed by atoms with Gasteiger partial charge in [-0.25, -0.2) is 0 Å². The fourth-order valence-corrected chi connectivity index (χ4v) is 1.58. The van der Waals surface area contributed by atoms with Crippen molar-refractivity contribution in [3.63, 3.8) is 0 Å². The average Bonchev–Trinajstić information content (AvgIpc) is 2.23. The Labute approximate surface area is 98.7 Å². The Kier molecular flexibility index (Phi) is 4.51. The number of aliphatic hydroxyl groups is 1. The van der Waals surface area contributed by atoms with E-state index in [2.05, 4.69) is 37.4 Å². The Morgan fingerprint density at radius 3 is 2.62 bits per heavy atom. The molecule has 2 N–H and O–H groups in total. The summed E-state index contributed by atoms with van der Waals surface area (Å²) in [6, 6.07) is 6.47. The van der Waals surface area contributed by atoms with Gasteiger partial charge in [0.05, 0.1) is 5.60 Å². The second-order valence-corrected chi connectivity index (χ2v) is 4.88. The first-order chi connectivity index (χ1) is 7.44. The summed E-state index contributed by atoms with van der Waals surface area (Å²) in [5.41, 5.74) is 3.29. The lowest BCUT2D eigenvalue weighted by Gasteiger charge is -2.22. The van der Waals surface area contributed by atoms with Crippen LogP contribution in [0.4, 0.5) is 0 Å². The Hall–Kier alpha value is -0.860. The van der Waals surface area contributed by atoms with Gasteiger partial charge in [-0.05, 0) is 38.3 Å². The molecule has 90 valence electrons. The first kappa shape index (κ1) is 13.2. The van der Waals surface area contributed by atoms with Crippen LogP contribution in [0.5, 0.6) is 0 Å². The summed E-state index contributed by atoms with van der Waals surface area (Å²) in [7, 11) is 0. The lowest BCUT2D eigenvalue weighted by molar-refractivity contribution is 0.0555. The van der Waals surface area contributed by atoms with Crippen LogP contribution >= 0.6 is 0 Å². The van der Waals surface area contributed by atoms with E-state index in [4.69, 9.17) is 0 Å². The van der Waals surface area contributed by atoms with Crippen LogP contribution < -0.4 is 5.32 Å². The molecular formula is C14H23NO. The van der Waals surface area contributed by atoms with Crippen molar-refractivity contribution in [1.82, 2.24) is 5.32 Å². The molecule has 0 fully saturated rings. The lowest BCUT2D eigenvalue weighted by Crippen LogP contribution is -2.36. The summed E-state index contributed by atoms with van der Waals surface area (Å²) in [6.07, 6.45) is 0.771. The van der Waals surface area contributed by atoms with E-state index < -0.39 is 5.60 Å². The van der Waals surface area contributed by atoms with E-state index in [1.165, 1.54) is 16.7 Å². The number of benzene rings is 1. The fourth-order valence-electron chi connectivity index (χ4n) is 1.58. The molecule has 0 bridgehead atoms. The molecule has 0 heterocycles. The molecule has 1 unspecified atom stereocenters. The minimum absolute atomic E-state index is 0.599. The monoisotopic (exact) mass is 221 g/mol.